The van der Waals surface area contributed by atoms with Crippen LogP contribution in [0, 0.1) is 10.1 Å². The number of carbonyl (C=O) groups is 1. The molecule has 3 heterocycles. The van der Waals surface area contributed by atoms with Crippen molar-refractivity contribution in [3.63, 3.8) is 0 Å². The van der Waals surface area contributed by atoms with Crippen LogP contribution in [0.25, 0.3) is 22.3 Å². The lowest BCUT2D eigenvalue weighted by molar-refractivity contribution is -0.384. The van der Waals surface area contributed by atoms with Crippen molar-refractivity contribution < 1.29 is 14.5 Å². The standard InChI is InChI=1S/C20H23N7O4/c1-20(2,3)31-19(28)25-9-8-14(10-25)26-18-15(17(21)22-11-23-18)16(24-26)12-4-6-13(7-5-12)27(29)30/h4-7,11,14H,8-10H2,1-3H3,(H2,21,22,23)/t14-/m1/s1. The van der Waals surface area contributed by atoms with Crippen LogP contribution in [-0.4, -0.2) is 54.4 Å². The number of benzene rings is 1. The van der Waals surface area contributed by atoms with E-state index in [0.29, 0.717) is 41.8 Å². The number of aromatic nitrogens is 4. The number of nitrogens with zero attached hydrogens (tertiary/aromatic N) is 6. The summed E-state index contributed by atoms with van der Waals surface area (Å²) in [5.74, 6) is 0.270. The summed E-state index contributed by atoms with van der Waals surface area (Å²) in [4.78, 5) is 33.1. The van der Waals surface area contributed by atoms with Crippen LogP contribution in [0.2, 0.25) is 0 Å². The van der Waals surface area contributed by atoms with E-state index < -0.39 is 10.5 Å². The third kappa shape index (κ3) is 3.98. The molecule has 1 atom stereocenters. The number of nitro groups is 1. The van der Waals surface area contributed by atoms with E-state index in [1.54, 1.807) is 21.7 Å². The van der Waals surface area contributed by atoms with E-state index in [1.165, 1.54) is 18.5 Å². The highest BCUT2D eigenvalue weighted by Gasteiger charge is 2.33. The molecule has 0 aliphatic carbocycles. The molecular formula is C20H23N7O4. The second kappa shape index (κ2) is 7.49. The van der Waals surface area contributed by atoms with Gasteiger partial charge in [-0.1, -0.05) is 0 Å². The summed E-state index contributed by atoms with van der Waals surface area (Å²) in [5.41, 5.74) is 7.31. The van der Waals surface area contributed by atoms with Gasteiger partial charge in [0, 0.05) is 30.8 Å². The Kier molecular flexibility index (Phi) is 4.96. The molecule has 1 aromatic carbocycles. The van der Waals surface area contributed by atoms with Gasteiger partial charge in [0.15, 0.2) is 5.65 Å². The number of ether oxygens (including phenoxy) is 1. The van der Waals surface area contributed by atoms with E-state index in [9.17, 15) is 14.9 Å². The minimum atomic E-state index is -0.571. The maximum Gasteiger partial charge on any atom is 0.410 e. The monoisotopic (exact) mass is 425 g/mol. The van der Waals surface area contributed by atoms with Crippen LogP contribution in [0.3, 0.4) is 0 Å². The molecule has 11 heteroatoms. The third-order valence-corrected chi connectivity index (χ3v) is 5.03. The van der Waals surface area contributed by atoms with Crippen LogP contribution < -0.4 is 5.73 Å². The molecule has 2 aromatic heterocycles. The van der Waals surface area contributed by atoms with Crippen molar-refractivity contribution >= 4 is 28.6 Å². The quantitative estimate of drug-likeness (QED) is 0.498. The number of amides is 1. The Bertz CT molecular complexity index is 1150. The van der Waals surface area contributed by atoms with Gasteiger partial charge >= 0.3 is 6.09 Å². The zero-order chi connectivity index (χ0) is 22.3. The van der Waals surface area contributed by atoms with Crippen LogP contribution in [0.5, 0.6) is 0 Å². The van der Waals surface area contributed by atoms with Gasteiger partial charge in [-0.15, -0.1) is 0 Å². The Morgan fingerprint density at radius 2 is 1.97 bits per heavy atom. The van der Waals surface area contributed by atoms with Gasteiger partial charge in [0.1, 0.15) is 23.4 Å². The topological polar surface area (TPSA) is 142 Å². The molecule has 1 aliphatic rings. The maximum atomic E-state index is 12.4. The van der Waals surface area contributed by atoms with E-state index in [0.717, 1.165) is 0 Å². The van der Waals surface area contributed by atoms with Crippen molar-refractivity contribution in [3.05, 3.63) is 40.7 Å². The summed E-state index contributed by atoms with van der Waals surface area (Å²) < 4.78 is 7.23. The SMILES string of the molecule is CC(C)(C)OC(=O)N1CC[C@@H](n2nc(-c3ccc([N+](=O)[O-])cc3)c3c(N)ncnc32)C1. The molecule has 1 fully saturated rings. The van der Waals surface area contributed by atoms with Crippen molar-refractivity contribution in [1.82, 2.24) is 24.6 Å². The molecular weight excluding hydrogens is 402 g/mol. The first-order chi connectivity index (χ1) is 14.6. The predicted molar refractivity (Wildman–Crippen MR) is 113 cm³/mol. The normalized spacial score (nSPS) is 16.6. The minimum absolute atomic E-state index is 0.0134. The fraction of sp³-hybridized carbons (Fsp3) is 0.400. The summed E-state index contributed by atoms with van der Waals surface area (Å²) in [5, 5.41) is 16.3. The summed E-state index contributed by atoms with van der Waals surface area (Å²) in [7, 11) is 0. The summed E-state index contributed by atoms with van der Waals surface area (Å²) in [6.45, 7) is 6.45. The molecule has 0 saturated carbocycles. The lowest BCUT2D eigenvalue weighted by Crippen LogP contribution is -2.35. The Morgan fingerprint density at radius 3 is 2.61 bits per heavy atom. The molecule has 4 rings (SSSR count). The van der Waals surface area contributed by atoms with Gasteiger partial charge in [-0.25, -0.2) is 19.4 Å². The van der Waals surface area contributed by atoms with Gasteiger partial charge in [-0.2, -0.15) is 5.10 Å². The Labute approximate surface area is 178 Å². The van der Waals surface area contributed by atoms with Crippen LogP contribution in [-0.2, 0) is 4.74 Å². The van der Waals surface area contributed by atoms with Gasteiger partial charge in [0.2, 0.25) is 0 Å². The molecule has 0 spiro atoms. The largest absolute Gasteiger partial charge is 0.444 e. The van der Waals surface area contributed by atoms with Crippen molar-refractivity contribution in [3.8, 4) is 11.3 Å². The number of nitrogen functional groups attached to an aromatic ring is 1. The molecule has 0 unspecified atom stereocenters. The fourth-order valence-corrected chi connectivity index (χ4v) is 3.63. The average Bonchev–Trinajstić information content (AvgIpc) is 3.32. The molecule has 1 amide bonds. The number of nitrogens with two attached hydrogens (primary N) is 1. The molecule has 0 radical (unpaired) electrons. The molecule has 31 heavy (non-hydrogen) atoms. The van der Waals surface area contributed by atoms with Crippen LogP contribution in [0.15, 0.2) is 30.6 Å². The highest BCUT2D eigenvalue weighted by molar-refractivity contribution is 5.98. The van der Waals surface area contributed by atoms with E-state index >= 15 is 0 Å². The number of rotatable bonds is 3. The number of fused-ring (bicyclic) bond motifs is 1. The number of nitro benzene ring substituents is 1. The van der Waals surface area contributed by atoms with Crippen molar-refractivity contribution in [1.29, 1.82) is 0 Å². The van der Waals surface area contributed by atoms with Crippen molar-refractivity contribution in [2.45, 2.75) is 38.8 Å². The number of likely N-dealkylation sites (tertiary alicyclic amines) is 1. The van der Waals surface area contributed by atoms with Gasteiger partial charge in [-0.3, -0.25) is 10.1 Å². The Hall–Kier alpha value is -3.76. The van der Waals surface area contributed by atoms with Gasteiger partial charge in [0.05, 0.1) is 16.4 Å². The molecule has 11 nitrogen and oxygen atoms in total. The first-order valence-corrected chi connectivity index (χ1v) is 9.85. The second-order valence-corrected chi connectivity index (χ2v) is 8.42. The zero-order valence-corrected chi connectivity index (χ0v) is 17.5. The first-order valence-electron chi connectivity index (χ1n) is 9.85. The highest BCUT2D eigenvalue weighted by atomic mass is 16.6. The van der Waals surface area contributed by atoms with Crippen LogP contribution in [0.4, 0.5) is 16.3 Å². The van der Waals surface area contributed by atoms with Crippen molar-refractivity contribution in [2.24, 2.45) is 0 Å². The molecule has 3 aromatic rings. The lowest BCUT2D eigenvalue weighted by Gasteiger charge is -2.24. The van der Waals surface area contributed by atoms with E-state index in [-0.39, 0.29) is 23.6 Å². The minimum Gasteiger partial charge on any atom is -0.444 e. The molecule has 2 N–H and O–H groups in total. The second-order valence-electron chi connectivity index (χ2n) is 8.42. The predicted octanol–water partition coefficient (Wildman–Crippen LogP) is 3.17. The average molecular weight is 425 g/mol. The van der Waals surface area contributed by atoms with Crippen LogP contribution >= 0.6 is 0 Å². The molecule has 1 saturated heterocycles. The third-order valence-electron chi connectivity index (χ3n) is 5.03. The number of hydrogen-bond donors (Lipinski definition) is 1. The maximum absolute atomic E-state index is 12.4. The van der Waals surface area contributed by atoms with E-state index in [1.807, 2.05) is 20.8 Å². The number of hydrogen-bond acceptors (Lipinski definition) is 8. The van der Waals surface area contributed by atoms with Crippen LogP contribution in [0.1, 0.15) is 33.2 Å². The first kappa shape index (κ1) is 20.5. The van der Waals surface area contributed by atoms with E-state index in [4.69, 9.17) is 15.6 Å². The Morgan fingerprint density at radius 1 is 1.26 bits per heavy atom. The fourth-order valence-electron chi connectivity index (χ4n) is 3.63. The number of carbonyl (C=O) groups excluding carboxylic acids is 1. The Balaban J connectivity index is 1.69. The number of non-ortho nitro benzene ring substituents is 1. The summed E-state index contributed by atoms with van der Waals surface area (Å²) in [6, 6.07) is 5.97. The molecule has 162 valence electrons. The number of anilines is 1. The van der Waals surface area contributed by atoms with Gasteiger partial charge in [0.25, 0.3) is 5.69 Å². The molecule has 1 aliphatic heterocycles. The lowest BCUT2D eigenvalue weighted by atomic mass is 10.1. The smallest absolute Gasteiger partial charge is 0.410 e. The van der Waals surface area contributed by atoms with E-state index in [2.05, 4.69) is 9.97 Å². The highest BCUT2D eigenvalue weighted by Crippen LogP contribution is 2.34. The summed E-state index contributed by atoms with van der Waals surface area (Å²) in [6.07, 6.45) is 1.69. The van der Waals surface area contributed by atoms with Gasteiger partial charge in [-0.05, 0) is 39.3 Å². The summed E-state index contributed by atoms with van der Waals surface area (Å²) >= 11 is 0. The van der Waals surface area contributed by atoms with Gasteiger partial charge < -0.3 is 15.4 Å². The molecule has 0 bridgehead atoms. The zero-order valence-electron chi connectivity index (χ0n) is 17.5. The van der Waals surface area contributed by atoms with Crippen molar-refractivity contribution in [2.75, 3.05) is 18.8 Å².